The van der Waals surface area contributed by atoms with Gasteiger partial charge in [-0.1, -0.05) is 31.2 Å². The second-order valence-electron chi connectivity index (χ2n) is 5.90. The van der Waals surface area contributed by atoms with E-state index in [0.29, 0.717) is 21.9 Å². The Labute approximate surface area is 139 Å². The molecule has 2 heterocycles. The van der Waals surface area contributed by atoms with Gasteiger partial charge in [-0.05, 0) is 42.9 Å². The van der Waals surface area contributed by atoms with Crippen molar-refractivity contribution in [2.45, 2.75) is 19.4 Å². The van der Waals surface area contributed by atoms with Crippen LogP contribution < -0.4 is 10.6 Å². The van der Waals surface area contributed by atoms with Gasteiger partial charge in [-0.3, -0.25) is 9.59 Å². The zero-order valence-electron chi connectivity index (χ0n) is 13.0. The van der Waals surface area contributed by atoms with E-state index < -0.39 is 0 Å². The van der Waals surface area contributed by atoms with E-state index in [0.717, 1.165) is 19.5 Å². The predicted octanol–water partition coefficient (Wildman–Crippen LogP) is 2.71. The Morgan fingerprint density at radius 3 is 2.65 bits per heavy atom. The summed E-state index contributed by atoms with van der Waals surface area (Å²) >= 11 is 1.39. The van der Waals surface area contributed by atoms with Gasteiger partial charge in [0.1, 0.15) is 0 Å². The lowest BCUT2D eigenvalue weighted by molar-refractivity contribution is 0.0906. The van der Waals surface area contributed by atoms with Crippen molar-refractivity contribution in [2.75, 3.05) is 13.1 Å². The quantitative estimate of drug-likeness (QED) is 0.849. The van der Waals surface area contributed by atoms with Crippen molar-refractivity contribution in [3.8, 4) is 0 Å². The van der Waals surface area contributed by atoms with Gasteiger partial charge in [0.15, 0.2) is 0 Å². The molecule has 0 radical (unpaired) electrons. The summed E-state index contributed by atoms with van der Waals surface area (Å²) in [6, 6.07) is 10.8. The van der Waals surface area contributed by atoms with Crippen LogP contribution in [0.2, 0.25) is 0 Å². The van der Waals surface area contributed by atoms with E-state index >= 15 is 0 Å². The monoisotopic (exact) mass is 328 g/mol. The Bertz CT molecular complexity index is 697. The van der Waals surface area contributed by atoms with Crippen LogP contribution in [0.15, 0.2) is 41.8 Å². The van der Waals surface area contributed by atoms with Crippen molar-refractivity contribution in [3.05, 3.63) is 57.8 Å². The van der Waals surface area contributed by atoms with Gasteiger partial charge in [-0.25, -0.2) is 0 Å². The van der Waals surface area contributed by atoms with Crippen LogP contribution in [0.4, 0.5) is 0 Å². The standard InChI is InChI=1S/C18H20N2O2S/c1-12-11-19-9-8-15(12)20-18(22)14-6-3-2-5-13(14)17(21)16-7-4-10-23-16/h2-7,10,12,15,19H,8-9,11H2,1H3,(H,20,22). The van der Waals surface area contributed by atoms with Crippen LogP contribution in [0.5, 0.6) is 0 Å². The number of benzene rings is 1. The molecule has 1 aliphatic rings. The van der Waals surface area contributed by atoms with Crippen LogP contribution in [0, 0.1) is 5.92 Å². The molecule has 1 saturated heterocycles. The maximum atomic E-state index is 12.7. The number of ketones is 1. The lowest BCUT2D eigenvalue weighted by atomic mass is 9.94. The van der Waals surface area contributed by atoms with Crippen LogP contribution in [0.3, 0.4) is 0 Å². The molecule has 1 aromatic heterocycles. The summed E-state index contributed by atoms with van der Waals surface area (Å²) in [7, 11) is 0. The van der Waals surface area contributed by atoms with Gasteiger partial charge in [0, 0.05) is 11.6 Å². The fourth-order valence-corrected chi connectivity index (χ4v) is 3.57. The number of nitrogens with one attached hydrogen (secondary N) is 2. The molecule has 2 N–H and O–H groups in total. The molecule has 1 fully saturated rings. The Kier molecular flexibility index (Phi) is 4.88. The number of hydrogen-bond donors (Lipinski definition) is 2. The van der Waals surface area contributed by atoms with Crippen molar-refractivity contribution in [1.29, 1.82) is 0 Å². The van der Waals surface area contributed by atoms with Gasteiger partial charge < -0.3 is 10.6 Å². The average Bonchev–Trinajstić information content (AvgIpc) is 3.11. The molecule has 1 aliphatic heterocycles. The maximum Gasteiger partial charge on any atom is 0.252 e. The Balaban J connectivity index is 1.82. The maximum absolute atomic E-state index is 12.7. The molecule has 0 saturated carbocycles. The van der Waals surface area contributed by atoms with Crippen LogP contribution >= 0.6 is 11.3 Å². The molecule has 120 valence electrons. The van der Waals surface area contributed by atoms with Crippen LogP contribution in [0.1, 0.15) is 38.9 Å². The first-order valence-electron chi connectivity index (χ1n) is 7.85. The van der Waals surface area contributed by atoms with Crippen LogP contribution in [0.25, 0.3) is 0 Å². The summed E-state index contributed by atoms with van der Waals surface area (Å²) in [5.74, 6) is 0.126. The SMILES string of the molecule is CC1CNCCC1NC(=O)c1ccccc1C(=O)c1cccs1. The molecule has 0 bridgehead atoms. The Morgan fingerprint density at radius 1 is 1.17 bits per heavy atom. The van der Waals surface area contributed by atoms with Crippen molar-refractivity contribution in [2.24, 2.45) is 5.92 Å². The van der Waals surface area contributed by atoms with Crippen molar-refractivity contribution in [3.63, 3.8) is 0 Å². The zero-order chi connectivity index (χ0) is 16.2. The third-order valence-corrected chi connectivity index (χ3v) is 5.13. The lowest BCUT2D eigenvalue weighted by Gasteiger charge is -2.30. The second-order valence-corrected chi connectivity index (χ2v) is 6.85. The van der Waals surface area contributed by atoms with E-state index in [4.69, 9.17) is 0 Å². The molecule has 2 atom stereocenters. The van der Waals surface area contributed by atoms with Crippen molar-refractivity contribution >= 4 is 23.0 Å². The fraction of sp³-hybridized carbons (Fsp3) is 0.333. The number of thiophene rings is 1. The largest absolute Gasteiger partial charge is 0.349 e. The topological polar surface area (TPSA) is 58.2 Å². The van der Waals surface area contributed by atoms with Crippen LogP contribution in [-0.2, 0) is 0 Å². The molecular weight excluding hydrogens is 308 g/mol. The fourth-order valence-electron chi connectivity index (χ4n) is 2.89. The molecule has 2 aromatic rings. The number of rotatable bonds is 4. The molecule has 3 rings (SSSR count). The highest BCUT2D eigenvalue weighted by Crippen LogP contribution is 2.19. The van der Waals surface area contributed by atoms with Crippen molar-refractivity contribution in [1.82, 2.24) is 10.6 Å². The molecule has 0 spiro atoms. The smallest absolute Gasteiger partial charge is 0.252 e. The third-order valence-electron chi connectivity index (χ3n) is 4.26. The summed E-state index contributed by atoms with van der Waals surface area (Å²) in [5, 5.41) is 8.29. The number of carbonyl (C=O) groups is 2. The summed E-state index contributed by atoms with van der Waals surface area (Å²) in [6.45, 7) is 3.94. The van der Waals surface area contributed by atoms with E-state index in [1.807, 2.05) is 11.4 Å². The first kappa shape index (κ1) is 15.9. The van der Waals surface area contributed by atoms with Gasteiger partial charge >= 0.3 is 0 Å². The van der Waals surface area contributed by atoms with E-state index in [1.54, 1.807) is 30.3 Å². The molecule has 23 heavy (non-hydrogen) atoms. The molecular formula is C18H20N2O2S. The molecule has 0 aliphatic carbocycles. The molecule has 4 nitrogen and oxygen atoms in total. The Morgan fingerprint density at radius 2 is 1.96 bits per heavy atom. The Hall–Kier alpha value is -1.98. The highest BCUT2D eigenvalue weighted by molar-refractivity contribution is 7.12. The van der Waals surface area contributed by atoms with Gasteiger partial charge in [0.25, 0.3) is 5.91 Å². The molecule has 2 unspecified atom stereocenters. The normalized spacial score (nSPS) is 20.9. The van der Waals surface area contributed by atoms with Gasteiger partial charge in [0.05, 0.1) is 10.4 Å². The summed E-state index contributed by atoms with van der Waals surface area (Å²) in [5.41, 5.74) is 0.922. The minimum absolute atomic E-state index is 0.0934. The number of amides is 1. The van der Waals surface area contributed by atoms with Gasteiger partial charge in [-0.15, -0.1) is 11.3 Å². The van der Waals surface area contributed by atoms with E-state index in [9.17, 15) is 9.59 Å². The van der Waals surface area contributed by atoms with Gasteiger partial charge in [-0.2, -0.15) is 0 Å². The predicted molar refractivity (Wildman–Crippen MR) is 92.1 cm³/mol. The molecule has 1 amide bonds. The highest BCUT2D eigenvalue weighted by atomic mass is 32.1. The average molecular weight is 328 g/mol. The van der Waals surface area contributed by atoms with E-state index in [2.05, 4.69) is 17.6 Å². The lowest BCUT2D eigenvalue weighted by Crippen LogP contribution is -2.48. The minimum atomic E-state index is -0.163. The summed E-state index contributed by atoms with van der Waals surface area (Å²) < 4.78 is 0. The van der Waals surface area contributed by atoms with E-state index in [1.165, 1.54) is 11.3 Å². The molecule has 1 aromatic carbocycles. The highest BCUT2D eigenvalue weighted by Gasteiger charge is 2.25. The van der Waals surface area contributed by atoms with Crippen molar-refractivity contribution < 1.29 is 9.59 Å². The van der Waals surface area contributed by atoms with E-state index in [-0.39, 0.29) is 17.7 Å². The summed E-state index contributed by atoms with van der Waals surface area (Å²) in [4.78, 5) is 25.9. The summed E-state index contributed by atoms with van der Waals surface area (Å²) in [6.07, 6.45) is 0.911. The third kappa shape index (κ3) is 3.51. The number of hydrogen-bond acceptors (Lipinski definition) is 4. The second kappa shape index (κ2) is 7.06. The van der Waals surface area contributed by atoms with Gasteiger partial charge in [0.2, 0.25) is 5.78 Å². The van der Waals surface area contributed by atoms with Crippen LogP contribution in [-0.4, -0.2) is 30.8 Å². The molecule has 5 heteroatoms. The zero-order valence-corrected chi connectivity index (χ0v) is 13.9. The first-order valence-corrected chi connectivity index (χ1v) is 8.73. The number of carbonyl (C=O) groups excluding carboxylic acids is 2. The number of piperidine rings is 1. The minimum Gasteiger partial charge on any atom is -0.349 e. The first-order chi connectivity index (χ1) is 11.2.